The highest BCUT2D eigenvalue weighted by atomic mass is 79.9. The molecule has 134 valence electrons. The lowest BCUT2D eigenvalue weighted by atomic mass is 9.62. The highest BCUT2D eigenvalue weighted by Gasteiger charge is 2.45. The Hall–Kier alpha value is -1.32. The molecule has 1 fully saturated rings. The number of piperidine rings is 1. The fourth-order valence-electron chi connectivity index (χ4n) is 4.89. The van der Waals surface area contributed by atoms with Crippen molar-refractivity contribution in [2.45, 2.75) is 50.5 Å². The Morgan fingerprint density at radius 3 is 2.64 bits per heavy atom. The number of hydrogen-bond donors (Lipinski definition) is 1. The van der Waals surface area contributed by atoms with Crippen LogP contribution in [0.15, 0.2) is 48.5 Å². The van der Waals surface area contributed by atoms with Gasteiger partial charge in [-0.2, -0.15) is 0 Å². The molecule has 2 atom stereocenters. The molecule has 25 heavy (non-hydrogen) atoms. The van der Waals surface area contributed by atoms with E-state index in [1.54, 1.807) is 0 Å². The van der Waals surface area contributed by atoms with E-state index in [1.165, 1.54) is 36.1 Å². The Morgan fingerprint density at radius 2 is 1.88 bits per heavy atom. The Labute approximate surface area is 161 Å². The lowest BCUT2D eigenvalue weighted by Crippen LogP contribution is -2.55. The summed E-state index contributed by atoms with van der Waals surface area (Å²) in [5.74, 6) is 1.02. The van der Waals surface area contributed by atoms with E-state index < -0.39 is 0 Å². The molecule has 4 rings (SSSR count). The van der Waals surface area contributed by atoms with E-state index >= 15 is 0 Å². The molecule has 0 amide bonds. The average Bonchev–Trinajstić information content (AvgIpc) is 2.59. The molecule has 1 aliphatic carbocycles. The van der Waals surface area contributed by atoms with Gasteiger partial charge in [0.1, 0.15) is 5.75 Å². The van der Waals surface area contributed by atoms with Crippen LogP contribution in [-0.4, -0.2) is 29.1 Å². The maximum Gasteiger partial charge on any atom is 0.115 e. The molecule has 0 spiro atoms. The van der Waals surface area contributed by atoms with Crippen LogP contribution in [0.4, 0.5) is 0 Å². The molecule has 2 nitrogen and oxygen atoms in total. The largest absolute Gasteiger partial charge is 0.508 e. The maximum atomic E-state index is 9.91. The number of phenolic OH excluding ortho intramolecular Hbond substituents is 1. The Bertz CT molecular complexity index is 728. The predicted octanol–water partition coefficient (Wildman–Crippen LogP) is 5.05. The van der Waals surface area contributed by atoms with Gasteiger partial charge in [0.15, 0.2) is 0 Å². The Morgan fingerprint density at radius 1 is 1.12 bits per heavy atom. The number of nitrogens with zero attached hydrogens (tertiary/aromatic N) is 1. The van der Waals surface area contributed by atoms with Gasteiger partial charge in [-0.25, -0.2) is 0 Å². The van der Waals surface area contributed by atoms with E-state index in [4.69, 9.17) is 0 Å². The van der Waals surface area contributed by atoms with E-state index in [0.29, 0.717) is 17.7 Å². The van der Waals surface area contributed by atoms with E-state index in [2.05, 4.69) is 55.1 Å². The van der Waals surface area contributed by atoms with Gasteiger partial charge in [-0.1, -0.05) is 50.2 Å². The first-order valence-electron chi connectivity index (χ1n) is 9.17. The van der Waals surface area contributed by atoms with Gasteiger partial charge in [-0.3, -0.25) is 4.90 Å². The van der Waals surface area contributed by atoms with Crippen molar-refractivity contribution in [2.24, 2.45) is 0 Å². The fourth-order valence-corrected chi connectivity index (χ4v) is 4.89. The number of aromatic hydroxyl groups is 1. The summed E-state index contributed by atoms with van der Waals surface area (Å²) < 4.78 is 0. The van der Waals surface area contributed by atoms with Crippen molar-refractivity contribution in [3.63, 3.8) is 0 Å². The van der Waals surface area contributed by atoms with Crippen LogP contribution >= 0.6 is 17.0 Å². The van der Waals surface area contributed by atoms with Crippen LogP contribution in [0.25, 0.3) is 0 Å². The quantitative estimate of drug-likeness (QED) is 0.777. The van der Waals surface area contributed by atoms with Crippen molar-refractivity contribution < 1.29 is 5.11 Å². The van der Waals surface area contributed by atoms with Crippen LogP contribution in [0.1, 0.15) is 49.3 Å². The molecule has 1 heterocycles. The number of hydrogen-bond acceptors (Lipinski definition) is 2. The lowest BCUT2D eigenvalue weighted by molar-refractivity contribution is 0.0702. The van der Waals surface area contributed by atoms with Crippen molar-refractivity contribution in [3.05, 3.63) is 65.2 Å². The lowest BCUT2D eigenvalue weighted by Gasteiger charge is -2.52. The van der Waals surface area contributed by atoms with Crippen LogP contribution in [0.3, 0.4) is 0 Å². The summed E-state index contributed by atoms with van der Waals surface area (Å²) in [6.07, 6.45) is 3.55. The van der Waals surface area contributed by atoms with Crippen LogP contribution in [0.5, 0.6) is 5.75 Å². The molecule has 1 aliphatic heterocycles. The number of rotatable bonds is 3. The van der Waals surface area contributed by atoms with Crippen molar-refractivity contribution in [2.75, 3.05) is 13.1 Å². The highest BCUT2D eigenvalue weighted by Crippen LogP contribution is 2.49. The second-order valence-electron chi connectivity index (χ2n) is 8.00. The van der Waals surface area contributed by atoms with Gasteiger partial charge in [-0.15, -0.1) is 17.0 Å². The zero-order valence-corrected chi connectivity index (χ0v) is 16.8. The van der Waals surface area contributed by atoms with Gasteiger partial charge in [0, 0.05) is 18.0 Å². The first-order valence-corrected chi connectivity index (χ1v) is 9.17. The molecular formula is C22H28BrNO. The Kier molecular flexibility index (Phi) is 5.26. The molecule has 2 aromatic carbocycles. The molecule has 0 saturated carbocycles. The molecule has 2 aromatic rings. The molecule has 1 N–H and O–H groups in total. The van der Waals surface area contributed by atoms with Gasteiger partial charge in [0.05, 0.1) is 0 Å². The molecule has 2 bridgehead atoms. The average molecular weight is 402 g/mol. The number of likely N-dealkylation sites (tertiary alicyclic amines) is 1. The van der Waals surface area contributed by atoms with Crippen LogP contribution in [0, 0.1) is 0 Å². The molecule has 1 saturated heterocycles. The van der Waals surface area contributed by atoms with Crippen molar-refractivity contribution >= 4 is 17.0 Å². The molecule has 0 radical (unpaired) electrons. The highest BCUT2D eigenvalue weighted by molar-refractivity contribution is 8.93. The minimum Gasteiger partial charge on any atom is -0.508 e. The predicted molar refractivity (Wildman–Crippen MR) is 109 cm³/mol. The van der Waals surface area contributed by atoms with E-state index in [-0.39, 0.29) is 22.4 Å². The number of halogens is 1. The van der Waals surface area contributed by atoms with Gasteiger partial charge in [0.25, 0.3) is 0 Å². The molecule has 3 heteroatoms. The molecule has 0 aromatic heterocycles. The van der Waals surface area contributed by atoms with E-state index in [0.717, 1.165) is 13.0 Å². The standard InChI is InChI=1S/C22H27NO.BrH/c1-22(2)20-9-8-18(24)15-19(20)17-11-13-23(21(22)14-17)12-10-16-6-4-3-5-7-16;/h3-9,15,17,21,24H,10-14H2,1-2H3;1H. The Balaban J connectivity index is 0.00000182. The topological polar surface area (TPSA) is 23.5 Å². The van der Waals surface area contributed by atoms with Gasteiger partial charge in [-0.05, 0) is 60.5 Å². The number of fused-ring (bicyclic) bond motifs is 4. The first kappa shape index (κ1) is 18.5. The van der Waals surface area contributed by atoms with E-state index in [1.807, 2.05) is 12.1 Å². The van der Waals surface area contributed by atoms with Crippen molar-refractivity contribution in [1.29, 1.82) is 0 Å². The minimum atomic E-state index is 0. The smallest absolute Gasteiger partial charge is 0.115 e. The molecule has 2 aliphatic rings. The van der Waals surface area contributed by atoms with Crippen molar-refractivity contribution in [1.82, 2.24) is 4.90 Å². The second-order valence-corrected chi connectivity index (χ2v) is 8.00. The summed E-state index contributed by atoms with van der Waals surface area (Å²) in [5, 5.41) is 9.91. The summed E-state index contributed by atoms with van der Waals surface area (Å²) in [7, 11) is 0. The summed E-state index contributed by atoms with van der Waals surface area (Å²) in [6, 6.07) is 17.4. The number of benzene rings is 2. The van der Waals surface area contributed by atoms with Gasteiger partial charge >= 0.3 is 0 Å². The summed E-state index contributed by atoms with van der Waals surface area (Å²) in [6.45, 7) is 7.06. The zero-order chi connectivity index (χ0) is 16.7. The SMILES string of the molecule is Br.CC1(C)c2ccc(O)cc2C2CCN(CCc3ccccc3)C1C2. The van der Waals surface area contributed by atoms with Gasteiger partial charge < -0.3 is 5.11 Å². The van der Waals surface area contributed by atoms with Crippen LogP contribution in [0.2, 0.25) is 0 Å². The van der Waals surface area contributed by atoms with E-state index in [9.17, 15) is 5.11 Å². The van der Waals surface area contributed by atoms with Crippen molar-refractivity contribution in [3.8, 4) is 5.75 Å². The zero-order valence-electron chi connectivity index (χ0n) is 15.1. The third-order valence-electron chi connectivity index (χ3n) is 6.25. The summed E-state index contributed by atoms with van der Waals surface area (Å²) in [5.41, 5.74) is 4.39. The monoisotopic (exact) mass is 401 g/mol. The third kappa shape index (κ3) is 3.37. The maximum absolute atomic E-state index is 9.91. The van der Waals surface area contributed by atoms with Gasteiger partial charge in [0.2, 0.25) is 0 Å². The second kappa shape index (κ2) is 7.13. The fraction of sp³-hybridized carbons (Fsp3) is 0.455. The third-order valence-corrected chi connectivity index (χ3v) is 6.25. The normalized spacial score (nSPS) is 24.2. The number of phenols is 1. The first-order chi connectivity index (χ1) is 11.6. The van der Waals surface area contributed by atoms with Crippen LogP contribution < -0.4 is 0 Å². The molecular weight excluding hydrogens is 374 g/mol. The summed E-state index contributed by atoms with van der Waals surface area (Å²) in [4.78, 5) is 2.71. The molecule has 2 unspecified atom stereocenters. The van der Waals surface area contributed by atoms with Crippen LogP contribution in [-0.2, 0) is 11.8 Å². The minimum absolute atomic E-state index is 0. The summed E-state index contributed by atoms with van der Waals surface area (Å²) >= 11 is 0.